The summed E-state index contributed by atoms with van der Waals surface area (Å²) in [6.07, 6.45) is -1.49. The average Bonchev–Trinajstić information content (AvgIpc) is 2.86. The maximum atomic E-state index is 14.8. The van der Waals surface area contributed by atoms with Crippen LogP contribution in [0.2, 0.25) is 0 Å². The van der Waals surface area contributed by atoms with Crippen LogP contribution in [0.4, 0.5) is 22.0 Å². The van der Waals surface area contributed by atoms with Gasteiger partial charge < -0.3 is 14.7 Å². The molecule has 3 unspecified atom stereocenters. The van der Waals surface area contributed by atoms with Gasteiger partial charge in [-0.05, 0) is 74.6 Å². The van der Waals surface area contributed by atoms with Crippen LogP contribution in [0.1, 0.15) is 55.7 Å². The quantitative estimate of drug-likeness (QED) is 0.431. The summed E-state index contributed by atoms with van der Waals surface area (Å²) < 4.78 is 74.8. The monoisotopic (exact) mass is 577 g/mol. The van der Waals surface area contributed by atoms with Crippen molar-refractivity contribution < 1.29 is 41.4 Å². The fraction of sp³-hybridized carbons (Fsp3) is 0.548. The second kappa shape index (κ2) is 9.42. The van der Waals surface area contributed by atoms with Gasteiger partial charge in [0.1, 0.15) is 11.6 Å². The molecule has 10 heteroatoms. The molecule has 2 saturated carbocycles. The third kappa shape index (κ3) is 4.57. The van der Waals surface area contributed by atoms with Gasteiger partial charge in [-0.2, -0.15) is 13.2 Å². The predicted octanol–water partition coefficient (Wildman–Crippen LogP) is 6.19. The molecule has 41 heavy (non-hydrogen) atoms. The summed E-state index contributed by atoms with van der Waals surface area (Å²) >= 11 is 0. The summed E-state index contributed by atoms with van der Waals surface area (Å²) in [5.74, 6) is -1.56. The van der Waals surface area contributed by atoms with Crippen LogP contribution < -0.4 is 4.74 Å². The lowest BCUT2D eigenvalue weighted by Gasteiger charge is -2.57. The lowest BCUT2D eigenvalue weighted by molar-refractivity contribution is -0.228. The lowest BCUT2D eigenvalue weighted by atomic mass is 9.48. The van der Waals surface area contributed by atoms with E-state index in [9.17, 15) is 36.6 Å². The third-order valence-electron chi connectivity index (χ3n) is 10.2. The van der Waals surface area contributed by atoms with E-state index < -0.39 is 28.8 Å². The van der Waals surface area contributed by atoms with E-state index in [4.69, 9.17) is 4.74 Å². The van der Waals surface area contributed by atoms with Gasteiger partial charge in [-0.3, -0.25) is 9.59 Å². The van der Waals surface area contributed by atoms with Crippen LogP contribution in [-0.2, 0) is 27.1 Å². The SMILES string of the molecule is CC(F)(c1ccc2c(c1)OCC1CN(C(=O)C3CC4(CC(C(=O)O)C4)C3)CCC21Cc1ccc(F)cc1)C(F)(F)F. The molecule has 0 aromatic heterocycles. The maximum Gasteiger partial charge on any atom is 0.426 e. The Hall–Kier alpha value is -3.17. The number of fused-ring (bicyclic) bond motifs is 3. The van der Waals surface area contributed by atoms with Crippen LogP contribution >= 0.6 is 0 Å². The van der Waals surface area contributed by atoms with E-state index in [1.165, 1.54) is 24.3 Å². The van der Waals surface area contributed by atoms with Crippen molar-refractivity contribution >= 4 is 11.9 Å². The van der Waals surface area contributed by atoms with Crippen molar-refractivity contribution in [3.05, 3.63) is 65.0 Å². The second-order valence-electron chi connectivity index (χ2n) is 12.8. The first-order valence-electron chi connectivity index (χ1n) is 14.0. The van der Waals surface area contributed by atoms with Crippen molar-refractivity contribution in [2.75, 3.05) is 19.7 Å². The zero-order chi connectivity index (χ0) is 29.4. The van der Waals surface area contributed by atoms with Crippen LogP contribution in [-0.4, -0.2) is 47.8 Å². The van der Waals surface area contributed by atoms with Crippen LogP contribution in [0.5, 0.6) is 5.75 Å². The summed E-state index contributed by atoms with van der Waals surface area (Å²) in [4.78, 5) is 26.5. The molecule has 2 aliphatic heterocycles. The summed E-state index contributed by atoms with van der Waals surface area (Å²) in [5, 5.41) is 9.20. The van der Waals surface area contributed by atoms with Gasteiger partial charge in [0.25, 0.3) is 0 Å². The van der Waals surface area contributed by atoms with Crippen molar-refractivity contribution in [1.29, 1.82) is 0 Å². The van der Waals surface area contributed by atoms with E-state index in [0.29, 0.717) is 64.1 Å². The molecular weight excluding hydrogens is 545 g/mol. The van der Waals surface area contributed by atoms with Crippen molar-refractivity contribution in [2.45, 2.75) is 62.7 Å². The Morgan fingerprint density at radius 2 is 1.68 bits per heavy atom. The molecule has 3 fully saturated rings. The largest absolute Gasteiger partial charge is 0.493 e. The number of nitrogens with zero attached hydrogens (tertiary/aromatic N) is 1. The molecule has 2 aromatic carbocycles. The van der Waals surface area contributed by atoms with E-state index in [1.807, 2.05) is 4.90 Å². The lowest BCUT2D eigenvalue weighted by Crippen LogP contribution is -2.59. The fourth-order valence-electron chi connectivity index (χ4n) is 7.74. The van der Waals surface area contributed by atoms with E-state index in [-0.39, 0.29) is 47.2 Å². The number of rotatable bonds is 5. The van der Waals surface area contributed by atoms with Crippen LogP contribution in [0.3, 0.4) is 0 Å². The summed E-state index contributed by atoms with van der Waals surface area (Å²) in [5.41, 5.74) is -3.20. The molecule has 3 atom stereocenters. The molecule has 1 N–H and O–H groups in total. The van der Waals surface area contributed by atoms with Gasteiger partial charge in [0.2, 0.25) is 11.6 Å². The summed E-state index contributed by atoms with van der Waals surface area (Å²) in [6.45, 7) is 1.47. The molecule has 0 radical (unpaired) electrons. The maximum absolute atomic E-state index is 14.8. The van der Waals surface area contributed by atoms with Gasteiger partial charge in [-0.1, -0.05) is 24.3 Å². The number of amides is 1. The molecule has 6 rings (SSSR count). The van der Waals surface area contributed by atoms with E-state index in [1.54, 1.807) is 12.1 Å². The van der Waals surface area contributed by atoms with Gasteiger partial charge in [-0.15, -0.1) is 0 Å². The minimum absolute atomic E-state index is 0.0303. The third-order valence-corrected chi connectivity index (χ3v) is 10.2. The van der Waals surface area contributed by atoms with Gasteiger partial charge in [0.15, 0.2) is 0 Å². The first-order chi connectivity index (χ1) is 19.2. The minimum atomic E-state index is -5.09. The Morgan fingerprint density at radius 1 is 1.02 bits per heavy atom. The second-order valence-corrected chi connectivity index (χ2v) is 12.8. The zero-order valence-electron chi connectivity index (χ0n) is 22.6. The number of benzene rings is 2. The zero-order valence-corrected chi connectivity index (χ0v) is 22.6. The molecule has 1 saturated heterocycles. The number of hydrogen-bond acceptors (Lipinski definition) is 3. The highest BCUT2D eigenvalue weighted by Crippen LogP contribution is 2.62. The number of piperidine rings is 1. The first-order valence-corrected chi connectivity index (χ1v) is 14.0. The number of ether oxygens (including phenoxy) is 1. The molecule has 220 valence electrons. The normalized spacial score (nSPS) is 32.0. The topological polar surface area (TPSA) is 66.8 Å². The van der Waals surface area contributed by atoms with Crippen molar-refractivity contribution in [1.82, 2.24) is 4.90 Å². The van der Waals surface area contributed by atoms with Crippen molar-refractivity contribution in [3.8, 4) is 5.75 Å². The van der Waals surface area contributed by atoms with Gasteiger partial charge in [-0.25, -0.2) is 8.78 Å². The number of carboxylic acid groups (broad SMARTS) is 1. The average molecular weight is 578 g/mol. The first kappa shape index (κ1) is 28.0. The van der Waals surface area contributed by atoms with E-state index >= 15 is 0 Å². The molecule has 2 aromatic rings. The molecule has 4 aliphatic rings. The molecule has 1 spiro atoms. The molecule has 1 amide bonds. The van der Waals surface area contributed by atoms with E-state index in [2.05, 4.69) is 0 Å². The highest BCUT2D eigenvalue weighted by atomic mass is 19.4. The molecule has 2 heterocycles. The number of likely N-dealkylation sites (tertiary alicyclic amines) is 1. The molecule has 2 aliphatic carbocycles. The van der Waals surface area contributed by atoms with E-state index in [0.717, 1.165) is 11.6 Å². The highest BCUT2D eigenvalue weighted by molar-refractivity contribution is 5.81. The van der Waals surface area contributed by atoms with Gasteiger partial charge >= 0.3 is 12.1 Å². The molecule has 5 nitrogen and oxygen atoms in total. The summed E-state index contributed by atoms with van der Waals surface area (Å²) in [6, 6.07) is 9.92. The predicted molar refractivity (Wildman–Crippen MR) is 138 cm³/mol. The standard InChI is InChI=1S/C31H32F5NO4/c1-28(33,31(34,35)36)21-4-7-24-25(10-21)41-17-22-16-37(9-8-30(22,24)11-18-2-5-23(32)6-3-18)26(38)19-12-29(13-19)14-20(15-29)27(39)40/h2-7,10,19-20,22H,8-9,11-17H2,1H3,(H,39,40). The molecule has 0 bridgehead atoms. The smallest absolute Gasteiger partial charge is 0.426 e. The van der Waals surface area contributed by atoms with Gasteiger partial charge in [0, 0.05) is 41.5 Å². The number of alkyl halides is 4. The molecular formula is C31H32F5NO4. The number of halogens is 5. The highest BCUT2D eigenvalue weighted by Gasteiger charge is 2.58. The number of aliphatic carboxylic acids is 1. The number of carbonyl (C=O) groups is 2. The summed E-state index contributed by atoms with van der Waals surface area (Å²) in [7, 11) is 0. The Kier molecular flexibility index (Phi) is 6.43. The number of carboxylic acids is 1. The fourth-order valence-corrected chi connectivity index (χ4v) is 7.74. The number of carbonyl (C=O) groups excluding carboxylic acids is 1. The van der Waals surface area contributed by atoms with Crippen molar-refractivity contribution in [2.24, 2.45) is 23.2 Å². The van der Waals surface area contributed by atoms with Gasteiger partial charge in [0.05, 0.1) is 12.5 Å². The Bertz CT molecular complexity index is 1360. The van der Waals surface area contributed by atoms with Crippen LogP contribution in [0, 0.1) is 29.0 Å². The van der Waals surface area contributed by atoms with Crippen LogP contribution in [0.15, 0.2) is 42.5 Å². The Morgan fingerprint density at radius 3 is 2.32 bits per heavy atom. The Labute approximate surface area is 234 Å². The van der Waals surface area contributed by atoms with Crippen molar-refractivity contribution in [3.63, 3.8) is 0 Å². The number of hydrogen-bond donors (Lipinski definition) is 1. The minimum Gasteiger partial charge on any atom is -0.493 e. The Balaban J connectivity index is 1.25. The van der Waals surface area contributed by atoms with Crippen LogP contribution in [0.25, 0.3) is 0 Å².